The van der Waals surface area contributed by atoms with Gasteiger partial charge in [-0.05, 0) is 42.9 Å². The third-order valence-corrected chi connectivity index (χ3v) is 7.17. The van der Waals surface area contributed by atoms with Gasteiger partial charge in [0.25, 0.3) is 0 Å². The van der Waals surface area contributed by atoms with Gasteiger partial charge in [-0.2, -0.15) is 0 Å². The first-order valence-electron chi connectivity index (χ1n) is 10.1. The molecular formula is C20H30N4O3S2. The highest BCUT2D eigenvalue weighted by Gasteiger charge is 2.26. The van der Waals surface area contributed by atoms with E-state index in [0.717, 1.165) is 49.6 Å². The van der Waals surface area contributed by atoms with Gasteiger partial charge in [0.15, 0.2) is 5.16 Å². The Labute approximate surface area is 177 Å². The lowest BCUT2D eigenvalue weighted by molar-refractivity contribution is -0.130. The molecule has 0 saturated carbocycles. The Hall–Kier alpha value is -1.58. The average molecular weight is 439 g/mol. The maximum absolute atomic E-state index is 12.8. The van der Waals surface area contributed by atoms with E-state index in [2.05, 4.69) is 30.3 Å². The first-order valence-corrected chi connectivity index (χ1v) is 12.7. The van der Waals surface area contributed by atoms with E-state index in [1.54, 1.807) is 6.07 Å². The van der Waals surface area contributed by atoms with Crippen molar-refractivity contribution < 1.29 is 13.2 Å². The van der Waals surface area contributed by atoms with Crippen molar-refractivity contribution in [3.8, 4) is 0 Å². The number of imidazole rings is 1. The average Bonchev–Trinajstić information content (AvgIpc) is 2.99. The Bertz CT molecular complexity index is 977. The van der Waals surface area contributed by atoms with Crippen LogP contribution in [0.3, 0.4) is 0 Å². The van der Waals surface area contributed by atoms with Crippen LogP contribution >= 0.6 is 11.8 Å². The van der Waals surface area contributed by atoms with E-state index in [1.807, 2.05) is 4.90 Å². The largest absolute Gasteiger partial charge is 0.341 e. The first-order chi connectivity index (χ1) is 13.7. The molecule has 29 heavy (non-hydrogen) atoms. The highest BCUT2D eigenvalue weighted by atomic mass is 32.2. The molecule has 1 aromatic heterocycles. The van der Waals surface area contributed by atoms with Gasteiger partial charge in [0.2, 0.25) is 15.9 Å². The van der Waals surface area contributed by atoms with Crippen LogP contribution in [-0.2, 0) is 21.4 Å². The van der Waals surface area contributed by atoms with Crippen LogP contribution in [-0.4, -0.2) is 47.6 Å². The summed E-state index contributed by atoms with van der Waals surface area (Å²) in [5.74, 6) is 1.52. The zero-order valence-electron chi connectivity index (χ0n) is 17.3. The molecule has 1 aromatic carbocycles. The van der Waals surface area contributed by atoms with E-state index in [0.29, 0.717) is 23.1 Å². The quantitative estimate of drug-likeness (QED) is 0.670. The van der Waals surface area contributed by atoms with Crippen LogP contribution in [0.5, 0.6) is 0 Å². The molecule has 1 amide bonds. The molecule has 0 bridgehead atoms. The SMILES string of the molecule is CCCCn1c(SCC(=O)N2C[C@H](C)C[C@@H](C)C2)nc2cc(S(N)(=O)=O)ccc21. The Morgan fingerprint density at radius 3 is 2.59 bits per heavy atom. The van der Waals surface area contributed by atoms with Gasteiger partial charge >= 0.3 is 0 Å². The highest BCUT2D eigenvalue weighted by molar-refractivity contribution is 7.99. The van der Waals surface area contributed by atoms with E-state index in [9.17, 15) is 13.2 Å². The van der Waals surface area contributed by atoms with Crippen LogP contribution in [0.25, 0.3) is 11.0 Å². The monoisotopic (exact) mass is 438 g/mol. The van der Waals surface area contributed by atoms with E-state index >= 15 is 0 Å². The number of rotatable bonds is 7. The molecule has 2 aromatic rings. The van der Waals surface area contributed by atoms with Gasteiger partial charge in [-0.3, -0.25) is 4.79 Å². The van der Waals surface area contributed by atoms with Crippen molar-refractivity contribution in [1.29, 1.82) is 0 Å². The number of carbonyl (C=O) groups is 1. The number of aryl methyl sites for hydroxylation is 1. The molecule has 160 valence electrons. The van der Waals surface area contributed by atoms with Gasteiger partial charge in [-0.15, -0.1) is 0 Å². The number of unbranched alkanes of at least 4 members (excludes halogenated alkanes) is 1. The molecule has 0 unspecified atom stereocenters. The summed E-state index contributed by atoms with van der Waals surface area (Å²) in [6.07, 6.45) is 3.17. The number of amides is 1. The van der Waals surface area contributed by atoms with Gasteiger partial charge in [0.05, 0.1) is 21.7 Å². The number of aromatic nitrogens is 2. The molecule has 0 radical (unpaired) electrons. The summed E-state index contributed by atoms with van der Waals surface area (Å²) >= 11 is 1.42. The Kier molecular flexibility index (Phi) is 6.90. The van der Waals surface area contributed by atoms with Crippen LogP contribution in [0.15, 0.2) is 28.3 Å². The summed E-state index contributed by atoms with van der Waals surface area (Å²) in [4.78, 5) is 19.4. The Balaban J connectivity index is 1.82. The fraction of sp³-hybridized carbons (Fsp3) is 0.600. The van der Waals surface area contributed by atoms with Crippen molar-refractivity contribution >= 4 is 38.7 Å². The fourth-order valence-corrected chi connectivity index (χ4v) is 5.47. The van der Waals surface area contributed by atoms with Crippen LogP contribution in [0.2, 0.25) is 0 Å². The third-order valence-electron chi connectivity index (χ3n) is 5.29. The minimum absolute atomic E-state index is 0.0501. The van der Waals surface area contributed by atoms with Crippen LogP contribution in [0.1, 0.15) is 40.0 Å². The van der Waals surface area contributed by atoms with Crippen molar-refractivity contribution in [2.75, 3.05) is 18.8 Å². The van der Waals surface area contributed by atoms with E-state index in [1.165, 1.54) is 23.9 Å². The number of nitrogens with zero attached hydrogens (tertiary/aromatic N) is 3. The number of primary sulfonamides is 1. The molecule has 9 heteroatoms. The smallest absolute Gasteiger partial charge is 0.238 e. The molecule has 2 heterocycles. The summed E-state index contributed by atoms with van der Waals surface area (Å²) in [5.41, 5.74) is 1.45. The zero-order valence-corrected chi connectivity index (χ0v) is 18.9. The lowest BCUT2D eigenvalue weighted by Crippen LogP contribution is -2.43. The zero-order chi connectivity index (χ0) is 21.2. The standard InChI is InChI=1S/C20H30N4O3S2/c1-4-5-8-24-18-7-6-16(29(21,26)27)10-17(18)22-20(24)28-13-19(25)23-11-14(2)9-15(3)12-23/h6-7,10,14-15H,4-5,8-9,11-13H2,1-3H3,(H2,21,26,27)/t14-,15-/m1/s1. The highest BCUT2D eigenvalue weighted by Crippen LogP contribution is 2.28. The molecule has 2 N–H and O–H groups in total. The second kappa shape index (κ2) is 9.06. The van der Waals surface area contributed by atoms with Gasteiger partial charge in [0.1, 0.15) is 0 Å². The molecule has 1 aliphatic rings. The Morgan fingerprint density at radius 2 is 1.97 bits per heavy atom. The molecule has 1 aliphatic heterocycles. The molecule has 2 atom stereocenters. The number of fused-ring (bicyclic) bond motifs is 1. The number of thioether (sulfide) groups is 1. The number of nitrogens with two attached hydrogens (primary N) is 1. The van der Waals surface area contributed by atoms with Gasteiger partial charge in [-0.1, -0.05) is 39.0 Å². The molecule has 1 saturated heterocycles. The maximum Gasteiger partial charge on any atom is 0.238 e. The number of likely N-dealkylation sites (tertiary alicyclic amines) is 1. The van der Waals surface area contributed by atoms with Crippen molar-refractivity contribution in [2.45, 2.75) is 56.6 Å². The van der Waals surface area contributed by atoms with E-state index < -0.39 is 10.0 Å². The predicted molar refractivity (Wildman–Crippen MR) is 116 cm³/mol. The lowest BCUT2D eigenvalue weighted by Gasteiger charge is -2.35. The number of hydrogen-bond acceptors (Lipinski definition) is 5. The number of hydrogen-bond donors (Lipinski definition) is 1. The van der Waals surface area contributed by atoms with Gasteiger partial charge < -0.3 is 9.47 Å². The maximum atomic E-state index is 12.8. The summed E-state index contributed by atoms with van der Waals surface area (Å²) in [7, 11) is -3.78. The number of benzene rings is 1. The van der Waals surface area contributed by atoms with Crippen molar-refractivity contribution in [3.05, 3.63) is 18.2 Å². The predicted octanol–water partition coefficient (Wildman–Crippen LogP) is 3.08. The molecule has 1 fully saturated rings. The van der Waals surface area contributed by atoms with Crippen molar-refractivity contribution in [1.82, 2.24) is 14.5 Å². The van der Waals surface area contributed by atoms with Crippen molar-refractivity contribution in [2.24, 2.45) is 17.0 Å². The van der Waals surface area contributed by atoms with Crippen LogP contribution in [0.4, 0.5) is 0 Å². The normalized spacial score (nSPS) is 20.3. The fourth-order valence-electron chi connectivity index (χ4n) is 3.99. The molecule has 0 spiro atoms. The second-order valence-electron chi connectivity index (χ2n) is 8.13. The number of carbonyl (C=O) groups excluding carboxylic acids is 1. The molecular weight excluding hydrogens is 408 g/mol. The topological polar surface area (TPSA) is 98.3 Å². The van der Waals surface area contributed by atoms with Crippen molar-refractivity contribution in [3.63, 3.8) is 0 Å². The minimum atomic E-state index is -3.78. The summed E-state index contributed by atoms with van der Waals surface area (Å²) in [6.45, 7) is 8.90. The first kappa shape index (κ1) is 22.1. The minimum Gasteiger partial charge on any atom is -0.341 e. The molecule has 3 rings (SSSR count). The lowest BCUT2D eigenvalue weighted by atomic mass is 9.92. The summed E-state index contributed by atoms with van der Waals surface area (Å²) in [5, 5.41) is 6.00. The van der Waals surface area contributed by atoms with Crippen LogP contribution < -0.4 is 5.14 Å². The number of piperidine rings is 1. The van der Waals surface area contributed by atoms with Crippen LogP contribution in [0, 0.1) is 11.8 Å². The van der Waals surface area contributed by atoms with E-state index in [4.69, 9.17) is 5.14 Å². The Morgan fingerprint density at radius 1 is 1.28 bits per heavy atom. The summed E-state index contributed by atoms with van der Waals surface area (Å²) in [6, 6.07) is 4.77. The molecule has 7 nitrogen and oxygen atoms in total. The second-order valence-corrected chi connectivity index (χ2v) is 10.6. The van der Waals surface area contributed by atoms with Gasteiger partial charge in [0, 0.05) is 19.6 Å². The third kappa shape index (κ3) is 5.32. The number of sulfonamides is 1. The summed E-state index contributed by atoms with van der Waals surface area (Å²) < 4.78 is 25.4. The van der Waals surface area contributed by atoms with E-state index in [-0.39, 0.29) is 10.8 Å². The molecule has 0 aliphatic carbocycles. The van der Waals surface area contributed by atoms with Gasteiger partial charge in [-0.25, -0.2) is 18.5 Å².